The molecule has 2 N–H and O–H groups in total. The fourth-order valence-electron chi connectivity index (χ4n) is 1.03. The molecule has 0 aromatic heterocycles. The van der Waals surface area contributed by atoms with Crippen LogP contribution >= 0.6 is 11.6 Å². The van der Waals surface area contributed by atoms with Gasteiger partial charge in [-0.25, -0.2) is 8.42 Å². The molecule has 1 rings (SSSR count). The average Bonchev–Trinajstić information content (AvgIpc) is 2.18. The van der Waals surface area contributed by atoms with E-state index in [4.69, 9.17) is 22.1 Å². The summed E-state index contributed by atoms with van der Waals surface area (Å²) in [7, 11) is -3.51. The van der Waals surface area contributed by atoms with Crippen LogP contribution in [0, 0.1) is 0 Å². The SMILES string of the molecule is CCOCS(=O)(=O)c1cc(Cl)ccc1N. The van der Waals surface area contributed by atoms with Crippen LogP contribution in [0.15, 0.2) is 23.1 Å². The predicted octanol–water partition coefficient (Wildman–Crippen LogP) is 1.69. The minimum absolute atomic E-state index is 0.0171. The molecule has 0 aliphatic heterocycles. The smallest absolute Gasteiger partial charge is 0.204 e. The molecule has 0 saturated heterocycles. The summed E-state index contributed by atoms with van der Waals surface area (Å²) in [5, 5.41) is 0.333. The molecular formula is C9H12ClNO3S. The predicted molar refractivity (Wildman–Crippen MR) is 59.5 cm³/mol. The Morgan fingerprint density at radius 3 is 2.73 bits per heavy atom. The minimum atomic E-state index is -3.51. The molecule has 0 atom stereocenters. The van der Waals surface area contributed by atoms with E-state index in [0.29, 0.717) is 11.6 Å². The van der Waals surface area contributed by atoms with Crippen LogP contribution in [0.3, 0.4) is 0 Å². The lowest BCUT2D eigenvalue weighted by atomic mass is 10.3. The maximum Gasteiger partial charge on any atom is 0.204 e. The molecule has 0 amide bonds. The third kappa shape index (κ3) is 3.09. The van der Waals surface area contributed by atoms with Crippen molar-refractivity contribution < 1.29 is 13.2 Å². The number of nitrogen functional groups attached to an aromatic ring is 1. The molecule has 0 radical (unpaired) electrons. The lowest BCUT2D eigenvalue weighted by Gasteiger charge is -2.07. The molecule has 1 aromatic carbocycles. The van der Waals surface area contributed by atoms with Gasteiger partial charge in [0, 0.05) is 11.6 Å². The van der Waals surface area contributed by atoms with Crippen LogP contribution in [-0.2, 0) is 14.6 Å². The molecule has 0 heterocycles. The number of halogens is 1. The average molecular weight is 250 g/mol. The Labute approximate surface area is 93.9 Å². The number of nitrogens with two attached hydrogens (primary N) is 1. The highest BCUT2D eigenvalue weighted by molar-refractivity contribution is 7.91. The van der Waals surface area contributed by atoms with E-state index in [1.165, 1.54) is 18.2 Å². The second-order valence-electron chi connectivity index (χ2n) is 2.91. The lowest BCUT2D eigenvalue weighted by molar-refractivity contribution is 0.192. The van der Waals surface area contributed by atoms with E-state index in [2.05, 4.69) is 0 Å². The van der Waals surface area contributed by atoms with Crippen molar-refractivity contribution in [2.24, 2.45) is 0 Å². The molecule has 15 heavy (non-hydrogen) atoms. The van der Waals surface area contributed by atoms with Crippen LogP contribution in [0.1, 0.15) is 6.92 Å². The molecular weight excluding hydrogens is 238 g/mol. The third-order valence-corrected chi connectivity index (χ3v) is 3.49. The zero-order chi connectivity index (χ0) is 11.5. The van der Waals surface area contributed by atoms with Gasteiger partial charge in [-0.1, -0.05) is 11.6 Å². The first-order chi connectivity index (χ1) is 6.97. The largest absolute Gasteiger partial charge is 0.398 e. The second kappa shape index (κ2) is 4.83. The van der Waals surface area contributed by atoms with E-state index >= 15 is 0 Å². The van der Waals surface area contributed by atoms with Crippen LogP contribution < -0.4 is 5.73 Å². The van der Waals surface area contributed by atoms with Gasteiger partial charge in [-0.3, -0.25) is 0 Å². The number of rotatable bonds is 4. The van der Waals surface area contributed by atoms with E-state index in [1.807, 2.05) is 0 Å². The van der Waals surface area contributed by atoms with Gasteiger partial charge >= 0.3 is 0 Å². The summed E-state index contributed by atoms with van der Waals surface area (Å²) >= 11 is 5.70. The maximum atomic E-state index is 11.7. The molecule has 0 spiro atoms. The molecule has 0 saturated carbocycles. The van der Waals surface area contributed by atoms with Crippen LogP contribution in [-0.4, -0.2) is 21.0 Å². The fraction of sp³-hybridized carbons (Fsp3) is 0.333. The first kappa shape index (κ1) is 12.3. The summed E-state index contributed by atoms with van der Waals surface area (Å²) in [6, 6.07) is 4.32. The Morgan fingerprint density at radius 2 is 2.13 bits per heavy atom. The van der Waals surface area contributed by atoms with Crippen LogP contribution in [0.4, 0.5) is 5.69 Å². The zero-order valence-corrected chi connectivity index (χ0v) is 9.81. The van der Waals surface area contributed by atoms with Crippen molar-refractivity contribution in [3.05, 3.63) is 23.2 Å². The first-order valence-electron chi connectivity index (χ1n) is 4.33. The summed E-state index contributed by atoms with van der Waals surface area (Å²) in [6.07, 6.45) is 0. The summed E-state index contributed by atoms with van der Waals surface area (Å²) in [5.41, 5.74) is 5.73. The zero-order valence-electron chi connectivity index (χ0n) is 8.23. The van der Waals surface area contributed by atoms with Crippen molar-refractivity contribution >= 4 is 27.1 Å². The number of ether oxygens (including phenoxy) is 1. The van der Waals surface area contributed by atoms with Crippen molar-refractivity contribution in [1.82, 2.24) is 0 Å². The number of benzene rings is 1. The van der Waals surface area contributed by atoms with Gasteiger partial charge in [-0.15, -0.1) is 0 Å². The first-order valence-corrected chi connectivity index (χ1v) is 6.36. The van der Waals surface area contributed by atoms with Gasteiger partial charge in [0.15, 0.2) is 5.94 Å². The Hall–Kier alpha value is -0.780. The number of hydrogen-bond donors (Lipinski definition) is 1. The van der Waals surface area contributed by atoms with E-state index in [0.717, 1.165) is 0 Å². The number of hydrogen-bond acceptors (Lipinski definition) is 4. The van der Waals surface area contributed by atoms with Crippen LogP contribution in [0.5, 0.6) is 0 Å². The van der Waals surface area contributed by atoms with Gasteiger partial charge < -0.3 is 10.5 Å². The van der Waals surface area contributed by atoms with Crippen molar-refractivity contribution in [3.63, 3.8) is 0 Å². The highest BCUT2D eigenvalue weighted by Gasteiger charge is 2.17. The molecule has 0 unspecified atom stereocenters. The molecule has 6 heteroatoms. The quantitative estimate of drug-likeness (QED) is 0.825. The van der Waals surface area contributed by atoms with Crippen molar-refractivity contribution in [1.29, 1.82) is 0 Å². The molecule has 4 nitrogen and oxygen atoms in total. The number of sulfone groups is 1. The van der Waals surface area contributed by atoms with Gasteiger partial charge in [-0.2, -0.15) is 0 Å². The standard InChI is InChI=1S/C9H12ClNO3S/c1-2-14-6-15(12,13)9-5-7(10)3-4-8(9)11/h3-5H,2,6,11H2,1H3. The van der Waals surface area contributed by atoms with E-state index < -0.39 is 9.84 Å². The van der Waals surface area contributed by atoms with E-state index in [-0.39, 0.29) is 16.5 Å². The normalized spacial score (nSPS) is 11.6. The van der Waals surface area contributed by atoms with Gasteiger partial charge in [0.25, 0.3) is 0 Å². The molecule has 0 aliphatic carbocycles. The Kier molecular flexibility index (Phi) is 3.96. The topological polar surface area (TPSA) is 69.4 Å². The second-order valence-corrected chi connectivity index (χ2v) is 5.25. The fourth-order valence-corrected chi connectivity index (χ4v) is 2.52. The summed E-state index contributed by atoms with van der Waals surface area (Å²) in [4.78, 5) is 0.0171. The Balaban J connectivity index is 3.09. The number of anilines is 1. The van der Waals surface area contributed by atoms with Crippen molar-refractivity contribution in [3.8, 4) is 0 Å². The molecule has 0 aliphatic rings. The van der Waals surface area contributed by atoms with Gasteiger partial charge in [0.2, 0.25) is 9.84 Å². The van der Waals surface area contributed by atoms with E-state index in [1.54, 1.807) is 6.92 Å². The minimum Gasteiger partial charge on any atom is -0.398 e. The van der Waals surface area contributed by atoms with Crippen molar-refractivity contribution in [2.45, 2.75) is 11.8 Å². The van der Waals surface area contributed by atoms with Gasteiger partial charge in [0.1, 0.15) is 0 Å². The molecule has 84 valence electrons. The van der Waals surface area contributed by atoms with Crippen molar-refractivity contribution in [2.75, 3.05) is 18.3 Å². The summed E-state index contributed by atoms with van der Waals surface area (Å²) in [5.74, 6) is -0.381. The van der Waals surface area contributed by atoms with E-state index in [9.17, 15) is 8.42 Å². The summed E-state index contributed by atoms with van der Waals surface area (Å²) in [6.45, 7) is 2.05. The molecule has 0 bridgehead atoms. The molecule has 1 aromatic rings. The maximum absolute atomic E-state index is 11.7. The highest BCUT2D eigenvalue weighted by atomic mass is 35.5. The Morgan fingerprint density at radius 1 is 1.47 bits per heavy atom. The third-order valence-electron chi connectivity index (χ3n) is 1.75. The highest BCUT2D eigenvalue weighted by Crippen LogP contribution is 2.23. The van der Waals surface area contributed by atoms with Gasteiger partial charge in [-0.05, 0) is 25.1 Å². The lowest BCUT2D eigenvalue weighted by Crippen LogP contribution is -2.12. The Bertz CT molecular complexity index is 445. The molecule has 0 fully saturated rings. The van der Waals surface area contributed by atoms with Gasteiger partial charge in [0.05, 0.1) is 10.6 Å². The van der Waals surface area contributed by atoms with Crippen LogP contribution in [0.2, 0.25) is 5.02 Å². The van der Waals surface area contributed by atoms with Crippen LogP contribution in [0.25, 0.3) is 0 Å². The monoisotopic (exact) mass is 249 g/mol. The summed E-state index contributed by atoms with van der Waals surface area (Å²) < 4.78 is 28.3.